The number of piperidine rings is 1. The highest BCUT2D eigenvalue weighted by atomic mass is 16.2. The number of nitrogens with one attached hydrogen (secondary N) is 1. The van der Waals surface area contributed by atoms with Crippen molar-refractivity contribution >= 4 is 11.9 Å². The highest BCUT2D eigenvalue weighted by molar-refractivity contribution is 5.84. The molecule has 2 aliphatic heterocycles. The third kappa shape index (κ3) is 3.55. The van der Waals surface area contributed by atoms with Gasteiger partial charge in [-0.1, -0.05) is 12.8 Å². The van der Waals surface area contributed by atoms with Crippen molar-refractivity contribution in [2.24, 2.45) is 5.92 Å². The highest BCUT2D eigenvalue weighted by Crippen LogP contribution is 2.35. The first-order chi connectivity index (χ1) is 10.8. The number of carbonyl (C=O) groups is 2. The predicted octanol–water partition coefficient (Wildman–Crippen LogP) is 2.36. The Morgan fingerprint density at radius 2 is 1.59 bits per heavy atom. The van der Waals surface area contributed by atoms with Gasteiger partial charge in [-0.05, 0) is 50.9 Å². The maximum Gasteiger partial charge on any atom is 0.318 e. The van der Waals surface area contributed by atoms with E-state index in [0.29, 0.717) is 12.0 Å². The fourth-order valence-corrected chi connectivity index (χ4v) is 4.38. The summed E-state index contributed by atoms with van der Waals surface area (Å²) in [6.45, 7) is 2.71. The van der Waals surface area contributed by atoms with Crippen LogP contribution >= 0.6 is 0 Å². The van der Waals surface area contributed by atoms with E-state index in [-0.39, 0.29) is 18.5 Å². The standard InChI is InChI=1S/C17H29N3O2/c21-16(19-10-4-1-5-11-19)13-18-17(22)20-12-6-9-15(20)14-7-2-3-8-14/h14-15H,1-13H2,(H,18,22)/t15-/m1/s1. The third-order valence-corrected chi connectivity index (χ3v) is 5.60. The van der Waals surface area contributed by atoms with Crippen molar-refractivity contribution in [3.8, 4) is 0 Å². The second kappa shape index (κ2) is 7.34. The highest BCUT2D eigenvalue weighted by Gasteiger charge is 2.36. The molecule has 1 aliphatic carbocycles. The van der Waals surface area contributed by atoms with Gasteiger partial charge in [0.25, 0.3) is 0 Å². The summed E-state index contributed by atoms with van der Waals surface area (Å²) in [5.41, 5.74) is 0. The summed E-state index contributed by atoms with van der Waals surface area (Å²) in [5, 5.41) is 2.87. The number of amides is 3. The van der Waals surface area contributed by atoms with Crippen LogP contribution in [-0.4, -0.2) is 54.0 Å². The Bertz CT molecular complexity index is 401. The van der Waals surface area contributed by atoms with Crippen LogP contribution in [0.5, 0.6) is 0 Å². The number of hydrogen-bond donors (Lipinski definition) is 1. The molecule has 0 radical (unpaired) electrons. The number of carbonyl (C=O) groups excluding carboxylic acids is 2. The Morgan fingerprint density at radius 1 is 0.864 bits per heavy atom. The Kier molecular flexibility index (Phi) is 5.21. The summed E-state index contributed by atoms with van der Waals surface area (Å²) in [5.74, 6) is 0.760. The van der Waals surface area contributed by atoms with E-state index < -0.39 is 0 Å². The minimum atomic E-state index is -0.0280. The first-order valence-electron chi connectivity index (χ1n) is 9.08. The van der Waals surface area contributed by atoms with Crippen molar-refractivity contribution in [3.63, 3.8) is 0 Å². The number of likely N-dealkylation sites (tertiary alicyclic amines) is 2. The average molecular weight is 307 g/mol. The molecule has 2 saturated heterocycles. The molecule has 1 atom stereocenters. The van der Waals surface area contributed by atoms with Gasteiger partial charge < -0.3 is 15.1 Å². The number of hydrogen-bond acceptors (Lipinski definition) is 2. The molecule has 0 aromatic heterocycles. The van der Waals surface area contributed by atoms with E-state index in [0.717, 1.165) is 45.3 Å². The molecule has 1 N–H and O–H groups in total. The molecule has 0 unspecified atom stereocenters. The SMILES string of the molecule is O=C(CNC(=O)N1CCC[C@@H]1C1CCCC1)N1CCCCC1. The predicted molar refractivity (Wildman–Crippen MR) is 85.5 cm³/mol. The molecule has 22 heavy (non-hydrogen) atoms. The lowest BCUT2D eigenvalue weighted by molar-refractivity contribution is -0.130. The molecule has 1 saturated carbocycles. The van der Waals surface area contributed by atoms with Crippen molar-refractivity contribution in [2.45, 2.75) is 63.8 Å². The molecule has 3 aliphatic rings. The molecule has 124 valence electrons. The lowest BCUT2D eigenvalue weighted by Crippen LogP contribution is -2.49. The second-order valence-corrected chi connectivity index (χ2v) is 7.05. The maximum atomic E-state index is 12.4. The summed E-state index contributed by atoms with van der Waals surface area (Å²) >= 11 is 0. The Morgan fingerprint density at radius 3 is 2.32 bits per heavy atom. The quantitative estimate of drug-likeness (QED) is 0.870. The normalized spacial score (nSPS) is 26.5. The topological polar surface area (TPSA) is 52.7 Å². The van der Waals surface area contributed by atoms with Gasteiger partial charge in [0.15, 0.2) is 0 Å². The molecule has 0 bridgehead atoms. The van der Waals surface area contributed by atoms with Crippen LogP contribution in [0.25, 0.3) is 0 Å². The zero-order valence-corrected chi connectivity index (χ0v) is 13.6. The summed E-state index contributed by atoms with van der Waals surface area (Å²) in [6, 6.07) is 0.382. The molecular weight excluding hydrogens is 278 g/mol. The molecule has 3 fully saturated rings. The smallest absolute Gasteiger partial charge is 0.318 e. The monoisotopic (exact) mass is 307 g/mol. The van der Waals surface area contributed by atoms with Crippen LogP contribution in [0.1, 0.15) is 57.8 Å². The van der Waals surface area contributed by atoms with E-state index in [1.807, 2.05) is 9.80 Å². The molecule has 2 heterocycles. The molecule has 0 aromatic carbocycles. The molecular formula is C17H29N3O2. The van der Waals surface area contributed by atoms with Gasteiger partial charge >= 0.3 is 6.03 Å². The van der Waals surface area contributed by atoms with E-state index >= 15 is 0 Å². The lowest BCUT2D eigenvalue weighted by Gasteiger charge is -2.30. The summed E-state index contributed by atoms with van der Waals surface area (Å²) in [7, 11) is 0. The van der Waals surface area contributed by atoms with E-state index in [4.69, 9.17) is 0 Å². The van der Waals surface area contributed by atoms with E-state index in [1.165, 1.54) is 32.1 Å². The number of urea groups is 1. The fourth-order valence-electron chi connectivity index (χ4n) is 4.38. The lowest BCUT2D eigenvalue weighted by atomic mass is 9.96. The van der Waals surface area contributed by atoms with Crippen molar-refractivity contribution in [2.75, 3.05) is 26.2 Å². The largest absolute Gasteiger partial charge is 0.341 e. The van der Waals surface area contributed by atoms with Crippen LogP contribution in [0.15, 0.2) is 0 Å². The van der Waals surface area contributed by atoms with Gasteiger partial charge in [0.2, 0.25) is 5.91 Å². The summed E-state index contributed by atoms with van der Waals surface area (Å²) in [6.07, 6.45) is 10.8. The van der Waals surface area contributed by atoms with Crippen molar-refractivity contribution in [1.29, 1.82) is 0 Å². The van der Waals surface area contributed by atoms with Gasteiger partial charge in [-0.2, -0.15) is 0 Å². The summed E-state index contributed by atoms with van der Waals surface area (Å²) in [4.78, 5) is 28.5. The van der Waals surface area contributed by atoms with E-state index in [1.54, 1.807) is 0 Å². The molecule has 5 nitrogen and oxygen atoms in total. The first-order valence-corrected chi connectivity index (χ1v) is 9.08. The second-order valence-electron chi connectivity index (χ2n) is 7.05. The van der Waals surface area contributed by atoms with Crippen LogP contribution in [0, 0.1) is 5.92 Å². The van der Waals surface area contributed by atoms with Crippen molar-refractivity contribution in [1.82, 2.24) is 15.1 Å². The van der Waals surface area contributed by atoms with E-state index in [2.05, 4.69) is 5.32 Å². The Hall–Kier alpha value is -1.26. The number of rotatable bonds is 3. The fraction of sp³-hybridized carbons (Fsp3) is 0.882. The minimum Gasteiger partial charge on any atom is -0.341 e. The molecule has 3 rings (SSSR count). The first kappa shape index (κ1) is 15.6. The minimum absolute atomic E-state index is 0.0280. The zero-order chi connectivity index (χ0) is 15.4. The van der Waals surface area contributed by atoms with Gasteiger partial charge in [-0.15, -0.1) is 0 Å². The Labute approximate surface area is 133 Å². The van der Waals surface area contributed by atoms with Gasteiger partial charge in [0.05, 0.1) is 6.54 Å². The zero-order valence-electron chi connectivity index (χ0n) is 13.6. The molecule has 3 amide bonds. The van der Waals surface area contributed by atoms with Crippen molar-refractivity contribution in [3.05, 3.63) is 0 Å². The van der Waals surface area contributed by atoms with Crippen LogP contribution in [0.4, 0.5) is 4.79 Å². The van der Waals surface area contributed by atoms with Gasteiger partial charge in [-0.3, -0.25) is 4.79 Å². The van der Waals surface area contributed by atoms with Gasteiger partial charge in [-0.25, -0.2) is 4.79 Å². The van der Waals surface area contributed by atoms with Gasteiger partial charge in [0.1, 0.15) is 0 Å². The van der Waals surface area contributed by atoms with Crippen molar-refractivity contribution < 1.29 is 9.59 Å². The summed E-state index contributed by atoms with van der Waals surface area (Å²) < 4.78 is 0. The van der Waals surface area contributed by atoms with Crippen LogP contribution in [-0.2, 0) is 4.79 Å². The average Bonchev–Trinajstić information content (AvgIpc) is 3.23. The number of nitrogens with zero attached hydrogens (tertiary/aromatic N) is 2. The Balaban J connectivity index is 1.47. The van der Waals surface area contributed by atoms with Gasteiger partial charge in [0, 0.05) is 25.7 Å². The maximum absolute atomic E-state index is 12.4. The third-order valence-electron chi connectivity index (χ3n) is 5.60. The van der Waals surface area contributed by atoms with E-state index in [9.17, 15) is 9.59 Å². The molecule has 0 spiro atoms. The molecule has 0 aromatic rings. The van der Waals surface area contributed by atoms with Crippen LogP contribution in [0.3, 0.4) is 0 Å². The van der Waals surface area contributed by atoms with Crippen LogP contribution in [0.2, 0.25) is 0 Å². The molecule has 5 heteroatoms. The van der Waals surface area contributed by atoms with Crippen LogP contribution < -0.4 is 5.32 Å².